The normalized spacial score (nSPS) is 13.8. The van der Waals surface area contributed by atoms with Gasteiger partial charge in [0, 0.05) is 25.6 Å². The highest BCUT2D eigenvalue weighted by Crippen LogP contribution is 2.27. The van der Waals surface area contributed by atoms with Gasteiger partial charge in [0.2, 0.25) is 5.91 Å². The Balaban J connectivity index is 1.72. The first-order valence-electron chi connectivity index (χ1n) is 9.19. The number of hydrogen-bond acceptors (Lipinski definition) is 4. The Morgan fingerprint density at radius 2 is 1.93 bits per heavy atom. The summed E-state index contributed by atoms with van der Waals surface area (Å²) >= 11 is 0. The maximum absolute atomic E-state index is 13.0. The van der Waals surface area contributed by atoms with Gasteiger partial charge in [-0.1, -0.05) is 12.1 Å². The van der Waals surface area contributed by atoms with E-state index in [0.717, 1.165) is 11.3 Å². The van der Waals surface area contributed by atoms with Crippen LogP contribution in [0, 0.1) is 5.82 Å². The minimum absolute atomic E-state index is 0.121. The molecule has 8 heteroatoms. The van der Waals surface area contributed by atoms with Crippen molar-refractivity contribution >= 4 is 17.8 Å². The minimum atomic E-state index is -0.571. The highest BCUT2D eigenvalue weighted by atomic mass is 19.1. The van der Waals surface area contributed by atoms with Gasteiger partial charge in [0.1, 0.15) is 17.2 Å². The molecule has 0 saturated heterocycles. The summed E-state index contributed by atoms with van der Waals surface area (Å²) in [7, 11) is 1.75. The van der Waals surface area contributed by atoms with Crippen molar-refractivity contribution in [3.8, 4) is 0 Å². The summed E-state index contributed by atoms with van der Waals surface area (Å²) in [6, 6.07) is 5.82. The van der Waals surface area contributed by atoms with Gasteiger partial charge in [-0.15, -0.1) is 0 Å². The van der Waals surface area contributed by atoms with Gasteiger partial charge in [0.15, 0.2) is 0 Å². The SMILES string of the molecule is Cn1nc2c(c1NC(=O)Cc1ccc(F)cc1)CN(C(=O)OC(C)(C)C)CC2. The molecule has 1 aliphatic heterocycles. The van der Waals surface area contributed by atoms with Crippen LogP contribution in [0.2, 0.25) is 0 Å². The van der Waals surface area contributed by atoms with Crippen LogP contribution >= 0.6 is 0 Å². The van der Waals surface area contributed by atoms with Crippen molar-refractivity contribution in [1.82, 2.24) is 14.7 Å². The number of benzene rings is 1. The van der Waals surface area contributed by atoms with Crippen LogP contribution in [0.3, 0.4) is 0 Å². The fraction of sp³-hybridized carbons (Fsp3) is 0.450. The van der Waals surface area contributed by atoms with Gasteiger partial charge in [-0.05, 0) is 38.5 Å². The Kier molecular flexibility index (Phi) is 5.40. The average molecular weight is 388 g/mol. The molecule has 2 amide bonds. The van der Waals surface area contributed by atoms with Crippen molar-refractivity contribution in [1.29, 1.82) is 0 Å². The number of halogens is 1. The minimum Gasteiger partial charge on any atom is -0.444 e. The molecule has 2 aromatic rings. The zero-order chi connectivity index (χ0) is 20.5. The van der Waals surface area contributed by atoms with E-state index in [0.29, 0.717) is 30.9 Å². The van der Waals surface area contributed by atoms with E-state index in [2.05, 4.69) is 10.4 Å². The molecule has 0 unspecified atom stereocenters. The molecule has 150 valence electrons. The molecule has 3 rings (SSSR count). The fourth-order valence-electron chi connectivity index (χ4n) is 3.10. The van der Waals surface area contributed by atoms with Gasteiger partial charge in [0.25, 0.3) is 0 Å². The summed E-state index contributed by atoms with van der Waals surface area (Å²) in [5.74, 6) is -0.00531. The second kappa shape index (κ2) is 7.61. The van der Waals surface area contributed by atoms with Crippen molar-refractivity contribution in [2.75, 3.05) is 11.9 Å². The Hall–Kier alpha value is -2.90. The van der Waals surface area contributed by atoms with Gasteiger partial charge < -0.3 is 15.0 Å². The number of anilines is 1. The summed E-state index contributed by atoms with van der Waals surface area (Å²) in [5, 5.41) is 7.34. The molecule has 1 aromatic carbocycles. The number of nitrogens with zero attached hydrogens (tertiary/aromatic N) is 3. The smallest absolute Gasteiger partial charge is 0.410 e. The summed E-state index contributed by atoms with van der Waals surface area (Å²) in [4.78, 5) is 26.5. The number of nitrogens with one attached hydrogen (secondary N) is 1. The molecule has 0 fully saturated rings. The van der Waals surface area contributed by atoms with Crippen molar-refractivity contribution in [2.24, 2.45) is 7.05 Å². The summed E-state index contributed by atoms with van der Waals surface area (Å²) in [6.07, 6.45) is 0.331. The zero-order valence-corrected chi connectivity index (χ0v) is 16.6. The number of carbonyl (C=O) groups is 2. The molecule has 1 aromatic heterocycles. The number of aryl methyl sites for hydroxylation is 1. The number of rotatable bonds is 3. The molecule has 0 aliphatic carbocycles. The first-order valence-corrected chi connectivity index (χ1v) is 9.19. The van der Waals surface area contributed by atoms with Gasteiger partial charge >= 0.3 is 6.09 Å². The van der Waals surface area contributed by atoms with Crippen LogP contribution in [0.15, 0.2) is 24.3 Å². The van der Waals surface area contributed by atoms with Crippen LogP contribution < -0.4 is 5.32 Å². The molecule has 0 saturated carbocycles. The number of carbonyl (C=O) groups excluding carboxylic acids is 2. The number of fused-ring (bicyclic) bond motifs is 1. The van der Waals surface area contributed by atoms with E-state index >= 15 is 0 Å². The van der Waals surface area contributed by atoms with E-state index in [1.54, 1.807) is 28.8 Å². The van der Waals surface area contributed by atoms with Gasteiger partial charge in [-0.3, -0.25) is 9.48 Å². The van der Waals surface area contributed by atoms with Crippen LogP contribution in [0.5, 0.6) is 0 Å². The van der Waals surface area contributed by atoms with Crippen LogP contribution in [-0.2, 0) is 36.0 Å². The third-order valence-electron chi connectivity index (χ3n) is 4.38. The van der Waals surface area contributed by atoms with Crippen molar-refractivity contribution in [3.05, 3.63) is 46.9 Å². The molecule has 1 N–H and O–H groups in total. The second-order valence-corrected chi connectivity index (χ2v) is 7.90. The summed E-state index contributed by atoms with van der Waals surface area (Å²) < 4.78 is 20.1. The first-order chi connectivity index (χ1) is 13.1. The Labute approximate surface area is 163 Å². The average Bonchev–Trinajstić information content (AvgIpc) is 2.90. The molecular formula is C20H25FN4O3. The lowest BCUT2D eigenvalue weighted by Crippen LogP contribution is -2.40. The molecule has 28 heavy (non-hydrogen) atoms. The topological polar surface area (TPSA) is 76.5 Å². The van der Waals surface area contributed by atoms with E-state index in [9.17, 15) is 14.0 Å². The van der Waals surface area contributed by atoms with Crippen molar-refractivity contribution < 1.29 is 18.7 Å². The molecule has 0 radical (unpaired) electrons. The standard InChI is InChI=1S/C20H25FN4O3/c1-20(2,3)28-19(27)25-10-9-16-15(12-25)18(24(4)23-16)22-17(26)11-13-5-7-14(21)8-6-13/h5-8H,9-12H2,1-4H3,(H,22,26). The fourth-order valence-corrected chi connectivity index (χ4v) is 3.10. The predicted octanol–water partition coefficient (Wildman–Crippen LogP) is 3.03. The maximum atomic E-state index is 13.0. The monoisotopic (exact) mass is 388 g/mol. The molecule has 2 heterocycles. The van der Waals surface area contributed by atoms with E-state index in [1.807, 2.05) is 20.8 Å². The van der Waals surface area contributed by atoms with Crippen LogP contribution in [0.1, 0.15) is 37.6 Å². The zero-order valence-electron chi connectivity index (χ0n) is 16.6. The Bertz CT molecular complexity index is 884. The number of hydrogen-bond donors (Lipinski definition) is 1. The lowest BCUT2D eigenvalue weighted by Gasteiger charge is -2.29. The lowest BCUT2D eigenvalue weighted by molar-refractivity contribution is -0.115. The van der Waals surface area contributed by atoms with Gasteiger partial charge in [0.05, 0.1) is 18.7 Å². The number of aromatic nitrogens is 2. The summed E-state index contributed by atoms with van der Waals surface area (Å²) in [6.45, 7) is 6.31. The molecule has 0 atom stereocenters. The predicted molar refractivity (Wildman–Crippen MR) is 102 cm³/mol. The molecular weight excluding hydrogens is 363 g/mol. The van der Waals surface area contributed by atoms with Crippen molar-refractivity contribution in [3.63, 3.8) is 0 Å². The lowest BCUT2D eigenvalue weighted by atomic mass is 10.1. The number of ether oxygens (including phenoxy) is 1. The van der Waals surface area contributed by atoms with E-state index in [1.165, 1.54) is 12.1 Å². The van der Waals surface area contributed by atoms with E-state index in [4.69, 9.17) is 4.74 Å². The Morgan fingerprint density at radius 3 is 2.57 bits per heavy atom. The Morgan fingerprint density at radius 1 is 1.25 bits per heavy atom. The van der Waals surface area contributed by atoms with E-state index in [-0.39, 0.29) is 24.2 Å². The second-order valence-electron chi connectivity index (χ2n) is 7.90. The summed E-state index contributed by atoms with van der Waals surface area (Å²) in [5.41, 5.74) is 1.81. The highest BCUT2D eigenvalue weighted by Gasteiger charge is 2.30. The third-order valence-corrected chi connectivity index (χ3v) is 4.38. The first kappa shape index (κ1) is 19.9. The number of amides is 2. The molecule has 1 aliphatic rings. The molecule has 0 spiro atoms. The van der Waals surface area contributed by atoms with Crippen molar-refractivity contribution in [2.45, 2.75) is 45.8 Å². The largest absolute Gasteiger partial charge is 0.444 e. The molecule has 0 bridgehead atoms. The molecule has 7 nitrogen and oxygen atoms in total. The van der Waals surface area contributed by atoms with Crippen LogP contribution in [0.25, 0.3) is 0 Å². The van der Waals surface area contributed by atoms with Gasteiger partial charge in [-0.2, -0.15) is 5.10 Å². The maximum Gasteiger partial charge on any atom is 0.410 e. The van der Waals surface area contributed by atoms with Crippen LogP contribution in [0.4, 0.5) is 15.0 Å². The van der Waals surface area contributed by atoms with Crippen LogP contribution in [-0.4, -0.2) is 38.8 Å². The van der Waals surface area contributed by atoms with E-state index < -0.39 is 5.60 Å². The third kappa shape index (κ3) is 4.68. The highest BCUT2D eigenvalue weighted by molar-refractivity contribution is 5.92. The van der Waals surface area contributed by atoms with Gasteiger partial charge in [-0.25, -0.2) is 9.18 Å². The quantitative estimate of drug-likeness (QED) is 0.877.